The second kappa shape index (κ2) is 41.8. The molecule has 0 radical (unpaired) electrons. The summed E-state index contributed by atoms with van der Waals surface area (Å²) in [6.07, 6.45) is 40.4. The van der Waals surface area contributed by atoms with Crippen LogP contribution >= 0.6 is 21.6 Å². The Morgan fingerprint density at radius 1 is 0.347 bits per heavy atom. The predicted octanol–water partition coefficient (Wildman–Crippen LogP) is 19.4. The van der Waals surface area contributed by atoms with E-state index in [1.165, 1.54) is 226 Å². The summed E-state index contributed by atoms with van der Waals surface area (Å²) in [5.74, 6) is -1.89. The van der Waals surface area contributed by atoms with Gasteiger partial charge in [-0.25, -0.2) is 9.59 Å². The number of quaternary nitrogens is 2. The third-order valence-electron chi connectivity index (χ3n) is 13.6. The van der Waals surface area contributed by atoms with Crippen LogP contribution in [-0.4, -0.2) is 72.4 Å². The molecule has 0 aliphatic carbocycles. The molecule has 4 rings (SSSR count). The van der Waals surface area contributed by atoms with Crippen molar-refractivity contribution in [1.82, 2.24) is 0 Å². The fourth-order valence-electron chi connectivity index (χ4n) is 9.18. The highest BCUT2D eigenvalue weighted by atomic mass is 33.1. The molecule has 72 heavy (non-hydrogen) atoms. The molecule has 0 heterocycles. The molecule has 0 aromatic heterocycles. The predicted molar refractivity (Wildman–Crippen MR) is 313 cm³/mol. The summed E-state index contributed by atoms with van der Waals surface area (Å²) in [4.78, 5) is 23.3. The lowest BCUT2D eigenvalue weighted by atomic mass is 10.0. The normalized spacial score (nSPS) is 11.4. The summed E-state index contributed by atoms with van der Waals surface area (Å²) in [5, 5.41) is 17.6. The van der Waals surface area contributed by atoms with Crippen LogP contribution in [0, 0.1) is 0 Å². The van der Waals surface area contributed by atoms with Gasteiger partial charge in [0.1, 0.15) is 13.1 Å². The molecule has 0 aliphatic heterocycles. The van der Waals surface area contributed by atoms with Crippen molar-refractivity contribution < 1.29 is 28.8 Å². The first kappa shape index (κ1) is 64.6. The lowest BCUT2D eigenvalue weighted by Gasteiger charge is -2.30. The minimum absolute atomic E-state index is 0.255. The monoisotopic (exact) mass is 1030 g/mol. The van der Waals surface area contributed by atoms with Crippen molar-refractivity contribution in [2.75, 3.05) is 41.3 Å². The van der Waals surface area contributed by atoms with E-state index in [1.54, 1.807) is 48.5 Å². The van der Waals surface area contributed by atoms with E-state index in [0.29, 0.717) is 0 Å². The summed E-state index contributed by atoms with van der Waals surface area (Å²) < 4.78 is 2.23. The zero-order valence-electron chi connectivity index (χ0n) is 46.4. The molecule has 0 saturated heterocycles. The van der Waals surface area contributed by atoms with E-state index in [4.69, 9.17) is 10.2 Å². The van der Waals surface area contributed by atoms with Crippen LogP contribution < -0.4 is 0 Å². The average Bonchev–Trinajstić information content (AvgIpc) is 3.37. The number of hydrogen-bond acceptors (Lipinski definition) is 4. The van der Waals surface area contributed by atoms with Crippen LogP contribution in [0.25, 0.3) is 0 Å². The van der Waals surface area contributed by atoms with Crippen LogP contribution in [0.2, 0.25) is 0 Å². The fourth-order valence-corrected chi connectivity index (χ4v) is 11.1. The summed E-state index contributed by atoms with van der Waals surface area (Å²) >= 11 is 0. The maximum absolute atomic E-state index is 10.7. The number of carboxylic acid groups (broad SMARTS) is 2. The lowest BCUT2D eigenvalue weighted by molar-refractivity contribution is -0.903. The first-order valence-electron chi connectivity index (χ1n) is 28.6. The van der Waals surface area contributed by atoms with Gasteiger partial charge in [0, 0.05) is 20.9 Å². The Kier molecular flexibility index (Phi) is 37.4. The van der Waals surface area contributed by atoms with E-state index in [2.05, 4.69) is 103 Å². The van der Waals surface area contributed by atoms with Crippen molar-refractivity contribution in [3.8, 4) is 0 Å². The molecule has 0 atom stereocenters. The molecule has 4 aromatic carbocycles. The maximum Gasteiger partial charge on any atom is 0.335 e. The molecule has 0 amide bonds. The largest absolute Gasteiger partial charge is 0.478 e. The number of unbranched alkanes of at least 4 members (excludes halogenated alkanes) is 26. The minimum atomic E-state index is -0.946. The van der Waals surface area contributed by atoms with Crippen LogP contribution in [0.3, 0.4) is 0 Å². The fraction of sp³-hybridized carbons (Fsp3) is 0.594. The van der Waals surface area contributed by atoms with Crippen LogP contribution in [-0.2, 0) is 13.1 Å². The molecule has 0 fully saturated rings. The van der Waals surface area contributed by atoms with Gasteiger partial charge in [-0.05, 0) is 74.2 Å². The number of rotatable bonds is 39. The van der Waals surface area contributed by atoms with E-state index in [-0.39, 0.29) is 11.1 Å². The molecule has 8 heteroatoms. The molecule has 2 N–H and O–H groups in total. The standard InChI is InChI=1S/2C25H46N.C14H10O4S2/c2*1-4-5-6-7-8-9-10-11-12-13-14-15-16-20-23-26(2,3)24-25-21-18-17-19-22-25;15-13(16)9-1-5-11(6-2-9)19-20-12-7-3-10(4-8-12)14(17)18/h2*17-19,21-22H,4-16,20,23-24H2,1-3H3;1-8H,(H,15,16)(H,17,18)/q2*+1;. The summed E-state index contributed by atoms with van der Waals surface area (Å²) in [6, 6.07) is 35.0. The number of carboxylic acids is 2. The SMILES string of the molecule is CCCCCCCCCCCCCCCC[N+](C)(C)Cc1ccccc1.CCCCCCCCCCCCCCCC[N+](C)(C)Cc1ccccc1.O=C(O)c1ccc(SSc2ccc(C(=O)O)cc2)cc1. The van der Waals surface area contributed by atoms with Gasteiger partial charge in [0.15, 0.2) is 0 Å². The summed E-state index contributed by atoms with van der Waals surface area (Å²) in [6.45, 7) is 9.49. The molecule has 0 saturated carbocycles. The molecule has 4 aromatic rings. The summed E-state index contributed by atoms with van der Waals surface area (Å²) in [7, 11) is 12.5. The van der Waals surface area contributed by atoms with Crippen LogP contribution in [0.15, 0.2) is 119 Å². The number of aromatic carboxylic acids is 2. The lowest BCUT2D eigenvalue weighted by Crippen LogP contribution is -2.39. The Bertz CT molecular complexity index is 1750. The number of hydrogen-bond donors (Lipinski definition) is 2. The van der Waals surface area contributed by atoms with E-state index in [0.717, 1.165) is 31.8 Å². The molecule has 0 aliphatic rings. The molecule has 6 nitrogen and oxygen atoms in total. The van der Waals surface area contributed by atoms with Crippen molar-refractivity contribution in [2.45, 2.75) is 217 Å². The van der Waals surface area contributed by atoms with Gasteiger partial charge < -0.3 is 19.2 Å². The zero-order valence-corrected chi connectivity index (χ0v) is 48.1. The first-order chi connectivity index (χ1) is 34.8. The van der Waals surface area contributed by atoms with Crippen molar-refractivity contribution in [3.63, 3.8) is 0 Å². The van der Waals surface area contributed by atoms with Gasteiger partial charge in [-0.1, -0.05) is 250 Å². The van der Waals surface area contributed by atoms with Crippen LogP contribution in [0.5, 0.6) is 0 Å². The van der Waals surface area contributed by atoms with E-state index in [1.807, 2.05) is 0 Å². The van der Waals surface area contributed by atoms with E-state index in [9.17, 15) is 9.59 Å². The highest BCUT2D eigenvalue weighted by Crippen LogP contribution is 2.37. The first-order valence-corrected chi connectivity index (χ1v) is 30.7. The quantitative estimate of drug-likeness (QED) is 0.0264. The smallest absolute Gasteiger partial charge is 0.335 e. The molecule has 0 bridgehead atoms. The van der Waals surface area contributed by atoms with Gasteiger partial charge in [0.05, 0.1) is 52.4 Å². The van der Waals surface area contributed by atoms with Gasteiger partial charge in [-0.15, -0.1) is 0 Å². The molecule has 0 spiro atoms. The van der Waals surface area contributed by atoms with Crippen molar-refractivity contribution in [2.24, 2.45) is 0 Å². The highest BCUT2D eigenvalue weighted by molar-refractivity contribution is 8.76. The molecule has 402 valence electrons. The number of benzene rings is 4. The van der Waals surface area contributed by atoms with Crippen LogP contribution in [0.4, 0.5) is 0 Å². The molecule has 0 unspecified atom stereocenters. The average molecular weight is 1030 g/mol. The topological polar surface area (TPSA) is 74.6 Å². The Morgan fingerprint density at radius 3 is 0.819 bits per heavy atom. The van der Waals surface area contributed by atoms with E-state index >= 15 is 0 Å². The Labute approximate surface area is 449 Å². The Hall–Kier alpha value is -3.56. The Morgan fingerprint density at radius 2 is 0.583 bits per heavy atom. The second-order valence-corrected chi connectivity index (χ2v) is 23.9. The van der Waals surface area contributed by atoms with Crippen LogP contribution in [0.1, 0.15) is 225 Å². The van der Waals surface area contributed by atoms with E-state index < -0.39 is 11.9 Å². The third-order valence-corrected chi connectivity index (χ3v) is 16.0. The minimum Gasteiger partial charge on any atom is -0.478 e. The second-order valence-electron chi connectivity index (χ2n) is 21.6. The Balaban J connectivity index is 0.000000373. The van der Waals surface area contributed by atoms with Gasteiger partial charge in [-0.2, -0.15) is 0 Å². The van der Waals surface area contributed by atoms with Crippen molar-refractivity contribution in [3.05, 3.63) is 131 Å². The highest BCUT2D eigenvalue weighted by Gasteiger charge is 2.16. The number of carbonyl (C=O) groups is 2. The molecular formula is C64H102N2O4S2+2. The van der Waals surface area contributed by atoms with Gasteiger partial charge in [-0.3, -0.25) is 0 Å². The third kappa shape index (κ3) is 35.6. The van der Waals surface area contributed by atoms with Gasteiger partial charge in [0.2, 0.25) is 0 Å². The summed E-state index contributed by atoms with van der Waals surface area (Å²) in [5.41, 5.74) is 3.43. The van der Waals surface area contributed by atoms with Crippen molar-refractivity contribution in [1.29, 1.82) is 0 Å². The van der Waals surface area contributed by atoms with Gasteiger partial charge >= 0.3 is 11.9 Å². The maximum atomic E-state index is 10.7. The van der Waals surface area contributed by atoms with Gasteiger partial charge in [0.25, 0.3) is 0 Å². The molecular weight excluding hydrogens is 925 g/mol. The zero-order chi connectivity index (χ0) is 52.4. The number of nitrogens with zero attached hydrogens (tertiary/aromatic N) is 2. The van der Waals surface area contributed by atoms with Crippen molar-refractivity contribution >= 4 is 33.5 Å².